The summed E-state index contributed by atoms with van der Waals surface area (Å²) in [6.07, 6.45) is 0. The number of nitrogens with one attached hydrogen (secondary N) is 1. The van der Waals surface area contributed by atoms with Crippen LogP contribution in [0.2, 0.25) is 0 Å². The molecule has 1 atom stereocenters. The molecular formula is C18H14N4OS3. The Morgan fingerprint density at radius 2 is 2.12 bits per heavy atom. The van der Waals surface area contributed by atoms with Crippen LogP contribution in [0.1, 0.15) is 21.4 Å². The Morgan fingerprint density at radius 1 is 1.23 bits per heavy atom. The largest absolute Gasteiger partial charge is 0.310 e. The number of anilines is 1. The number of aromatic nitrogens is 3. The van der Waals surface area contributed by atoms with Crippen LogP contribution in [0.25, 0.3) is 15.3 Å². The van der Waals surface area contributed by atoms with Crippen molar-refractivity contribution in [3.05, 3.63) is 57.9 Å². The first-order chi connectivity index (χ1) is 12.7. The summed E-state index contributed by atoms with van der Waals surface area (Å²) in [6, 6.07) is 12.2. The topological polar surface area (TPSA) is 59.8 Å². The predicted octanol–water partition coefficient (Wildman–Crippen LogP) is 4.63. The molecule has 1 aliphatic heterocycles. The van der Waals surface area contributed by atoms with Gasteiger partial charge >= 0.3 is 0 Å². The molecule has 4 heterocycles. The summed E-state index contributed by atoms with van der Waals surface area (Å²) < 4.78 is 2.90. The maximum atomic E-state index is 12.3. The van der Waals surface area contributed by atoms with Crippen LogP contribution in [0.3, 0.4) is 0 Å². The van der Waals surface area contributed by atoms with E-state index in [0.717, 1.165) is 32.4 Å². The summed E-state index contributed by atoms with van der Waals surface area (Å²) >= 11 is 4.94. The van der Waals surface area contributed by atoms with E-state index < -0.39 is 0 Å². The Kier molecular flexibility index (Phi) is 3.84. The molecule has 1 amide bonds. The maximum absolute atomic E-state index is 12.3. The minimum atomic E-state index is -0.00225. The number of thiophene rings is 1. The maximum Gasteiger partial charge on any atom is 0.235 e. The number of thioether (sulfide) groups is 1. The molecule has 8 heteroatoms. The Morgan fingerprint density at radius 3 is 2.92 bits per heavy atom. The highest BCUT2D eigenvalue weighted by atomic mass is 32.2. The van der Waals surface area contributed by atoms with Crippen LogP contribution in [0.4, 0.5) is 5.82 Å². The molecule has 0 radical (unpaired) electrons. The molecule has 1 N–H and O–H groups in total. The van der Waals surface area contributed by atoms with Crippen molar-refractivity contribution in [1.82, 2.24) is 14.8 Å². The van der Waals surface area contributed by atoms with Crippen LogP contribution in [0, 0.1) is 6.92 Å². The molecule has 5 nitrogen and oxygen atoms in total. The van der Waals surface area contributed by atoms with E-state index in [4.69, 9.17) is 10.1 Å². The number of benzene rings is 1. The molecule has 0 saturated carbocycles. The van der Waals surface area contributed by atoms with Gasteiger partial charge in [-0.15, -0.1) is 23.1 Å². The molecule has 0 bridgehead atoms. The molecule has 0 aliphatic carbocycles. The Balaban J connectivity index is 1.71. The van der Waals surface area contributed by atoms with Crippen LogP contribution in [-0.2, 0) is 4.79 Å². The highest BCUT2D eigenvalue weighted by molar-refractivity contribution is 8.00. The van der Waals surface area contributed by atoms with Crippen molar-refractivity contribution >= 4 is 56.4 Å². The normalized spacial score (nSPS) is 17.1. The lowest BCUT2D eigenvalue weighted by atomic mass is 10.1. The van der Waals surface area contributed by atoms with Gasteiger partial charge in [0.2, 0.25) is 11.0 Å². The second-order valence-electron chi connectivity index (χ2n) is 5.98. The molecule has 0 spiro atoms. The molecule has 4 aromatic rings. The van der Waals surface area contributed by atoms with E-state index in [9.17, 15) is 4.79 Å². The van der Waals surface area contributed by atoms with Crippen LogP contribution < -0.4 is 5.32 Å². The summed E-state index contributed by atoms with van der Waals surface area (Å²) in [4.78, 5) is 18.3. The molecule has 26 heavy (non-hydrogen) atoms. The first kappa shape index (κ1) is 16.0. The number of aryl methyl sites for hydroxylation is 1. The number of carbonyl (C=O) groups excluding carboxylic acids is 1. The Labute approximate surface area is 162 Å². The fourth-order valence-electron chi connectivity index (χ4n) is 3.14. The second kappa shape index (κ2) is 6.22. The van der Waals surface area contributed by atoms with E-state index in [0.29, 0.717) is 5.75 Å². The number of amides is 1. The number of fused-ring (bicyclic) bond motifs is 2. The lowest BCUT2D eigenvalue weighted by Crippen LogP contribution is -2.15. The smallest absolute Gasteiger partial charge is 0.235 e. The van der Waals surface area contributed by atoms with E-state index in [-0.39, 0.29) is 11.2 Å². The van der Waals surface area contributed by atoms with Crippen molar-refractivity contribution in [3.63, 3.8) is 0 Å². The van der Waals surface area contributed by atoms with E-state index in [2.05, 4.69) is 22.8 Å². The number of carbonyl (C=O) groups is 1. The average Bonchev–Trinajstić information content (AvgIpc) is 3.33. The molecular weight excluding hydrogens is 384 g/mol. The molecule has 0 unspecified atom stereocenters. The monoisotopic (exact) mass is 398 g/mol. The summed E-state index contributed by atoms with van der Waals surface area (Å²) in [5.41, 5.74) is 2.94. The SMILES string of the molecule is Cc1nn(-c2nc3ccccc3s2)c2c1[C@H](c1cccs1)SCC(=O)N2. The van der Waals surface area contributed by atoms with Gasteiger partial charge in [-0.2, -0.15) is 9.78 Å². The van der Waals surface area contributed by atoms with E-state index in [1.807, 2.05) is 31.2 Å². The molecule has 0 fully saturated rings. The van der Waals surface area contributed by atoms with E-state index >= 15 is 0 Å². The average molecular weight is 399 g/mol. The number of nitrogens with zero attached hydrogens (tertiary/aromatic N) is 3. The van der Waals surface area contributed by atoms with Crippen molar-refractivity contribution in [3.8, 4) is 5.13 Å². The van der Waals surface area contributed by atoms with Crippen LogP contribution in [0.5, 0.6) is 0 Å². The summed E-state index contributed by atoms with van der Waals surface area (Å²) in [5.74, 6) is 1.17. The summed E-state index contributed by atoms with van der Waals surface area (Å²) in [5, 5.41) is 10.7. The lowest BCUT2D eigenvalue weighted by molar-refractivity contribution is -0.113. The highest BCUT2D eigenvalue weighted by Crippen LogP contribution is 2.45. The van der Waals surface area contributed by atoms with Gasteiger partial charge in [0.25, 0.3) is 0 Å². The minimum absolute atomic E-state index is 0.00225. The molecule has 3 aromatic heterocycles. The molecule has 130 valence electrons. The van der Waals surface area contributed by atoms with Crippen molar-refractivity contribution in [2.75, 3.05) is 11.1 Å². The van der Waals surface area contributed by atoms with Crippen molar-refractivity contribution < 1.29 is 4.79 Å². The van der Waals surface area contributed by atoms with Gasteiger partial charge in [0, 0.05) is 10.4 Å². The zero-order chi connectivity index (χ0) is 17.7. The van der Waals surface area contributed by atoms with Crippen molar-refractivity contribution in [2.24, 2.45) is 0 Å². The Hall–Kier alpha value is -2.16. The van der Waals surface area contributed by atoms with Gasteiger partial charge in [0.15, 0.2) is 0 Å². The molecule has 5 rings (SSSR count). The zero-order valence-corrected chi connectivity index (χ0v) is 16.3. The van der Waals surface area contributed by atoms with Gasteiger partial charge in [-0.05, 0) is 30.5 Å². The van der Waals surface area contributed by atoms with E-state index in [1.165, 1.54) is 4.88 Å². The predicted molar refractivity (Wildman–Crippen MR) is 109 cm³/mol. The third-order valence-electron chi connectivity index (χ3n) is 4.27. The minimum Gasteiger partial charge on any atom is -0.310 e. The van der Waals surface area contributed by atoms with Gasteiger partial charge in [-0.25, -0.2) is 4.98 Å². The standard InChI is InChI=1S/C18H14N4OS3/c1-10-15-16(13-7-4-8-24-13)25-9-14(23)20-17(15)22(21-10)18-19-11-5-2-3-6-12(11)26-18/h2-8,16H,9H2,1H3,(H,20,23)/t16-/m0/s1. The van der Waals surface area contributed by atoms with Gasteiger partial charge in [0.05, 0.1) is 26.9 Å². The number of hydrogen-bond donors (Lipinski definition) is 1. The highest BCUT2D eigenvalue weighted by Gasteiger charge is 2.31. The second-order valence-corrected chi connectivity index (χ2v) is 9.06. The fraction of sp³-hybridized carbons (Fsp3) is 0.167. The van der Waals surface area contributed by atoms with Crippen molar-refractivity contribution in [2.45, 2.75) is 12.2 Å². The van der Waals surface area contributed by atoms with Gasteiger partial charge < -0.3 is 5.32 Å². The molecule has 1 aromatic carbocycles. The van der Waals surface area contributed by atoms with Gasteiger partial charge in [-0.1, -0.05) is 29.5 Å². The van der Waals surface area contributed by atoms with Gasteiger partial charge in [0.1, 0.15) is 5.82 Å². The number of para-hydroxylation sites is 1. The first-order valence-electron chi connectivity index (χ1n) is 8.11. The number of rotatable bonds is 2. The Bertz CT molecular complexity index is 1080. The number of thiazole rings is 1. The third-order valence-corrected chi connectivity index (χ3v) is 7.62. The summed E-state index contributed by atoms with van der Waals surface area (Å²) in [6.45, 7) is 2.00. The lowest BCUT2D eigenvalue weighted by Gasteiger charge is -2.12. The number of hydrogen-bond acceptors (Lipinski definition) is 6. The fourth-order valence-corrected chi connectivity index (χ4v) is 6.23. The first-order valence-corrected chi connectivity index (χ1v) is 10.9. The molecule has 1 aliphatic rings. The molecule has 0 saturated heterocycles. The quantitative estimate of drug-likeness (QED) is 0.535. The zero-order valence-electron chi connectivity index (χ0n) is 13.8. The van der Waals surface area contributed by atoms with Crippen molar-refractivity contribution in [1.29, 1.82) is 0 Å². The third kappa shape index (κ3) is 2.56. The van der Waals surface area contributed by atoms with Gasteiger partial charge in [-0.3, -0.25) is 4.79 Å². The van der Waals surface area contributed by atoms with E-state index in [1.54, 1.807) is 39.1 Å². The summed E-state index contributed by atoms with van der Waals surface area (Å²) in [7, 11) is 0. The van der Waals surface area contributed by atoms with Crippen LogP contribution in [-0.4, -0.2) is 26.4 Å². The van der Waals surface area contributed by atoms with Crippen LogP contribution in [0.15, 0.2) is 41.8 Å². The van der Waals surface area contributed by atoms with Crippen LogP contribution >= 0.6 is 34.4 Å².